The Morgan fingerprint density at radius 2 is 1.69 bits per heavy atom. The highest BCUT2D eigenvalue weighted by Crippen LogP contribution is 2.27. The predicted molar refractivity (Wildman–Crippen MR) is 110 cm³/mol. The molecule has 0 saturated carbocycles. The van der Waals surface area contributed by atoms with Gasteiger partial charge in [-0.1, -0.05) is 12.1 Å². The molecule has 2 aliphatic heterocycles. The molecule has 3 amide bonds. The van der Waals surface area contributed by atoms with Gasteiger partial charge >= 0.3 is 0 Å². The van der Waals surface area contributed by atoms with Gasteiger partial charge in [-0.25, -0.2) is 0 Å². The molecule has 0 aromatic heterocycles. The fourth-order valence-electron chi connectivity index (χ4n) is 4.11. The van der Waals surface area contributed by atoms with Crippen LogP contribution in [0.5, 0.6) is 5.75 Å². The van der Waals surface area contributed by atoms with Gasteiger partial charge in [0.05, 0.1) is 18.6 Å². The third-order valence-corrected chi connectivity index (χ3v) is 5.72. The number of amides is 3. The second-order valence-corrected chi connectivity index (χ2v) is 8.75. The van der Waals surface area contributed by atoms with E-state index in [9.17, 15) is 14.4 Å². The third kappa shape index (κ3) is 4.54. The summed E-state index contributed by atoms with van der Waals surface area (Å²) in [6.45, 7) is 8.61. The van der Waals surface area contributed by atoms with E-state index in [4.69, 9.17) is 4.74 Å². The Bertz CT molecular complexity index is 787. The Morgan fingerprint density at radius 1 is 1.03 bits per heavy atom. The van der Waals surface area contributed by atoms with Crippen molar-refractivity contribution in [1.82, 2.24) is 14.7 Å². The number of nitrogens with zero attached hydrogens (tertiary/aromatic N) is 3. The van der Waals surface area contributed by atoms with E-state index in [0.29, 0.717) is 44.0 Å². The number of likely N-dealkylation sites (tertiary alicyclic amines) is 1. The van der Waals surface area contributed by atoms with Gasteiger partial charge in [-0.15, -0.1) is 0 Å². The lowest BCUT2D eigenvalue weighted by Gasteiger charge is -2.32. The van der Waals surface area contributed by atoms with Crippen LogP contribution in [-0.4, -0.2) is 77.8 Å². The maximum atomic E-state index is 13.0. The highest BCUT2D eigenvalue weighted by molar-refractivity contribution is 5.97. The fourth-order valence-corrected chi connectivity index (χ4v) is 4.11. The molecule has 2 saturated heterocycles. The second-order valence-electron chi connectivity index (χ2n) is 8.75. The molecule has 0 aliphatic carbocycles. The number of para-hydroxylation sites is 1. The molecule has 2 aliphatic rings. The summed E-state index contributed by atoms with van der Waals surface area (Å²) in [5, 5.41) is 0. The van der Waals surface area contributed by atoms with Crippen molar-refractivity contribution in [2.45, 2.75) is 39.2 Å². The lowest BCUT2D eigenvalue weighted by molar-refractivity contribution is -0.135. The number of benzene rings is 1. The van der Waals surface area contributed by atoms with Crippen LogP contribution in [0.15, 0.2) is 24.3 Å². The van der Waals surface area contributed by atoms with Crippen LogP contribution in [0.2, 0.25) is 0 Å². The monoisotopic (exact) mass is 401 g/mol. The van der Waals surface area contributed by atoms with Gasteiger partial charge < -0.3 is 19.4 Å². The van der Waals surface area contributed by atoms with Gasteiger partial charge in [0, 0.05) is 44.7 Å². The zero-order chi connectivity index (χ0) is 21.2. The molecule has 2 fully saturated rings. The summed E-state index contributed by atoms with van der Waals surface area (Å²) >= 11 is 0. The Morgan fingerprint density at radius 3 is 2.34 bits per heavy atom. The first-order valence-corrected chi connectivity index (χ1v) is 10.2. The van der Waals surface area contributed by atoms with Gasteiger partial charge in [0.25, 0.3) is 5.91 Å². The molecule has 0 radical (unpaired) electrons. The van der Waals surface area contributed by atoms with E-state index < -0.39 is 0 Å². The number of hydrogen-bond donors (Lipinski definition) is 0. The summed E-state index contributed by atoms with van der Waals surface area (Å²) in [5.41, 5.74) is 0.264. The largest absolute Gasteiger partial charge is 0.496 e. The summed E-state index contributed by atoms with van der Waals surface area (Å²) < 4.78 is 5.31. The van der Waals surface area contributed by atoms with Gasteiger partial charge in [0.15, 0.2) is 0 Å². The van der Waals surface area contributed by atoms with E-state index in [0.717, 1.165) is 6.42 Å². The minimum atomic E-state index is -0.293. The summed E-state index contributed by atoms with van der Waals surface area (Å²) in [5.74, 6) is 0.252. The zero-order valence-electron chi connectivity index (χ0n) is 17.8. The van der Waals surface area contributed by atoms with E-state index in [1.807, 2.05) is 37.8 Å². The second kappa shape index (κ2) is 8.43. The Balaban J connectivity index is 1.63. The molecular weight excluding hydrogens is 370 g/mol. The van der Waals surface area contributed by atoms with Crippen molar-refractivity contribution >= 4 is 17.7 Å². The molecule has 2 heterocycles. The quantitative estimate of drug-likeness (QED) is 0.777. The molecular formula is C22H31N3O4. The number of methoxy groups -OCH3 is 1. The van der Waals surface area contributed by atoms with Crippen LogP contribution in [0.3, 0.4) is 0 Å². The van der Waals surface area contributed by atoms with Crippen molar-refractivity contribution in [3.8, 4) is 5.75 Å². The van der Waals surface area contributed by atoms with Crippen LogP contribution < -0.4 is 4.74 Å². The topological polar surface area (TPSA) is 70.2 Å². The number of rotatable bonds is 3. The Kier molecular flexibility index (Phi) is 6.15. The smallest absolute Gasteiger partial charge is 0.257 e. The summed E-state index contributed by atoms with van der Waals surface area (Å²) in [4.78, 5) is 43.7. The first kappa shape index (κ1) is 21.1. The molecule has 0 spiro atoms. The SMILES string of the molecule is COc1ccccc1C(=O)N1CCCN(C(=O)C2CC(=O)N(C(C)(C)C)C2)CC1. The lowest BCUT2D eigenvalue weighted by Crippen LogP contribution is -2.44. The molecule has 29 heavy (non-hydrogen) atoms. The van der Waals surface area contributed by atoms with E-state index >= 15 is 0 Å². The number of hydrogen-bond acceptors (Lipinski definition) is 4. The lowest BCUT2D eigenvalue weighted by atomic mass is 10.1. The molecule has 7 nitrogen and oxygen atoms in total. The van der Waals surface area contributed by atoms with Crippen LogP contribution in [0, 0.1) is 5.92 Å². The minimum Gasteiger partial charge on any atom is -0.496 e. The average Bonchev–Trinajstić information content (AvgIpc) is 2.93. The first-order chi connectivity index (χ1) is 13.7. The number of ether oxygens (including phenoxy) is 1. The molecule has 1 aromatic rings. The van der Waals surface area contributed by atoms with Crippen molar-refractivity contribution < 1.29 is 19.1 Å². The van der Waals surface area contributed by atoms with Crippen molar-refractivity contribution in [3.05, 3.63) is 29.8 Å². The first-order valence-electron chi connectivity index (χ1n) is 10.2. The van der Waals surface area contributed by atoms with Crippen LogP contribution >= 0.6 is 0 Å². The van der Waals surface area contributed by atoms with Crippen molar-refractivity contribution in [3.63, 3.8) is 0 Å². The molecule has 0 bridgehead atoms. The average molecular weight is 402 g/mol. The van der Waals surface area contributed by atoms with Gasteiger partial charge in [-0.3, -0.25) is 14.4 Å². The Hall–Kier alpha value is -2.57. The Labute approximate surface area is 172 Å². The fraction of sp³-hybridized carbons (Fsp3) is 0.591. The molecule has 1 aromatic carbocycles. The van der Waals surface area contributed by atoms with Crippen molar-refractivity contribution in [1.29, 1.82) is 0 Å². The van der Waals surface area contributed by atoms with Crippen molar-refractivity contribution in [2.75, 3.05) is 39.8 Å². The number of carbonyl (C=O) groups is 3. The van der Waals surface area contributed by atoms with E-state index in [1.165, 1.54) is 0 Å². The maximum absolute atomic E-state index is 13.0. The third-order valence-electron chi connectivity index (χ3n) is 5.72. The molecule has 3 rings (SSSR count). The highest BCUT2D eigenvalue weighted by atomic mass is 16.5. The number of carbonyl (C=O) groups excluding carboxylic acids is 3. The van der Waals surface area contributed by atoms with Crippen LogP contribution in [0.25, 0.3) is 0 Å². The normalized spacial score (nSPS) is 20.6. The van der Waals surface area contributed by atoms with Crippen LogP contribution in [-0.2, 0) is 9.59 Å². The molecule has 7 heteroatoms. The molecule has 0 N–H and O–H groups in total. The molecule has 158 valence electrons. The molecule has 1 unspecified atom stereocenters. The standard InChI is InChI=1S/C22H31N3O4/c1-22(2,3)25-15-16(14-19(25)26)20(27)23-10-7-11-24(13-12-23)21(28)17-8-5-6-9-18(17)29-4/h5-6,8-9,16H,7,10-15H2,1-4H3. The van der Waals surface area contributed by atoms with Gasteiger partial charge in [-0.2, -0.15) is 0 Å². The summed E-state index contributed by atoms with van der Waals surface area (Å²) in [6, 6.07) is 7.20. The van der Waals surface area contributed by atoms with Gasteiger partial charge in [0.1, 0.15) is 5.75 Å². The van der Waals surface area contributed by atoms with Crippen molar-refractivity contribution in [2.24, 2.45) is 5.92 Å². The van der Waals surface area contributed by atoms with E-state index in [1.54, 1.807) is 29.0 Å². The van der Waals surface area contributed by atoms with E-state index in [-0.39, 0.29) is 35.6 Å². The summed E-state index contributed by atoms with van der Waals surface area (Å²) in [6.07, 6.45) is 0.993. The maximum Gasteiger partial charge on any atom is 0.257 e. The van der Waals surface area contributed by atoms with Gasteiger partial charge in [-0.05, 0) is 39.3 Å². The van der Waals surface area contributed by atoms with Crippen LogP contribution in [0.1, 0.15) is 44.0 Å². The highest BCUT2D eigenvalue weighted by Gasteiger charge is 2.41. The molecule has 1 atom stereocenters. The minimum absolute atomic E-state index is 0.0247. The van der Waals surface area contributed by atoms with Crippen LogP contribution in [0.4, 0.5) is 0 Å². The summed E-state index contributed by atoms with van der Waals surface area (Å²) in [7, 11) is 1.55. The van der Waals surface area contributed by atoms with Gasteiger partial charge in [0.2, 0.25) is 11.8 Å². The predicted octanol–water partition coefficient (Wildman–Crippen LogP) is 2.02. The van der Waals surface area contributed by atoms with E-state index in [2.05, 4.69) is 0 Å². The zero-order valence-corrected chi connectivity index (χ0v) is 17.8.